The lowest BCUT2D eigenvalue weighted by molar-refractivity contribution is -0.387. The van der Waals surface area contributed by atoms with Gasteiger partial charge in [0.1, 0.15) is 0 Å². The number of thioether (sulfide) groups is 1. The molecule has 0 aliphatic heterocycles. The van der Waals surface area contributed by atoms with Crippen molar-refractivity contribution in [2.45, 2.75) is 38.1 Å². The summed E-state index contributed by atoms with van der Waals surface area (Å²) < 4.78 is 0. The number of pyridine rings is 1. The Kier molecular flexibility index (Phi) is 7.15. The molecule has 2 aromatic rings. The molecule has 1 heterocycles. The highest BCUT2D eigenvalue weighted by Crippen LogP contribution is 2.31. The molecule has 0 spiro atoms. The number of hydrogen-bond acceptors (Lipinski definition) is 5. The number of nitro groups is 1. The Labute approximate surface area is 157 Å². The van der Waals surface area contributed by atoms with Crippen LogP contribution in [0.4, 0.5) is 5.69 Å². The van der Waals surface area contributed by atoms with Crippen LogP contribution >= 0.6 is 11.8 Å². The summed E-state index contributed by atoms with van der Waals surface area (Å²) in [6.07, 6.45) is 4.30. The van der Waals surface area contributed by atoms with Crippen molar-refractivity contribution in [1.82, 2.24) is 10.3 Å². The molecule has 0 aliphatic carbocycles. The molecular weight excluding hydrogens is 350 g/mol. The van der Waals surface area contributed by atoms with Gasteiger partial charge in [0.25, 0.3) is 11.6 Å². The van der Waals surface area contributed by atoms with Gasteiger partial charge in [0, 0.05) is 24.0 Å². The number of carbonyl (C=O) groups is 1. The quantitative estimate of drug-likeness (QED) is 0.414. The first-order valence-corrected chi connectivity index (χ1v) is 9.49. The Bertz CT molecular complexity index is 766. The van der Waals surface area contributed by atoms with Crippen LogP contribution in [0.1, 0.15) is 49.2 Å². The van der Waals surface area contributed by atoms with E-state index >= 15 is 0 Å². The zero-order valence-electron chi connectivity index (χ0n) is 15.1. The lowest BCUT2D eigenvalue weighted by Gasteiger charge is -2.14. The van der Waals surface area contributed by atoms with E-state index in [1.54, 1.807) is 24.5 Å². The molecule has 1 aromatic heterocycles. The summed E-state index contributed by atoms with van der Waals surface area (Å²) in [5.74, 6) is 1.01. The van der Waals surface area contributed by atoms with E-state index in [1.165, 1.54) is 17.8 Å². The molecule has 138 valence electrons. The van der Waals surface area contributed by atoms with E-state index in [4.69, 9.17) is 0 Å². The third-order valence-corrected chi connectivity index (χ3v) is 5.02. The average molecular weight is 373 g/mol. The van der Waals surface area contributed by atoms with Crippen molar-refractivity contribution in [2.24, 2.45) is 5.92 Å². The monoisotopic (exact) mass is 373 g/mol. The fourth-order valence-corrected chi connectivity index (χ4v) is 3.60. The van der Waals surface area contributed by atoms with Gasteiger partial charge in [-0.15, -0.1) is 11.8 Å². The first-order valence-electron chi connectivity index (χ1n) is 8.50. The third-order valence-electron chi connectivity index (χ3n) is 3.92. The van der Waals surface area contributed by atoms with Crippen LogP contribution in [0.25, 0.3) is 0 Å². The Hall–Kier alpha value is -2.41. The summed E-state index contributed by atoms with van der Waals surface area (Å²) in [6.45, 7) is 6.09. The molecule has 0 fully saturated rings. The lowest BCUT2D eigenvalue weighted by Crippen LogP contribution is -2.26. The van der Waals surface area contributed by atoms with E-state index in [-0.39, 0.29) is 23.2 Å². The minimum Gasteiger partial charge on any atom is -0.346 e. The normalized spacial score (nSPS) is 12.0. The molecule has 0 saturated carbocycles. The topological polar surface area (TPSA) is 85.1 Å². The van der Waals surface area contributed by atoms with E-state index in [9.17, 15) is 14.9 Å². The number of carbonyl (C=O) groups excluding carboxylic acids is 1. The van der Waals surface area contributed by atoms with Crippen molar-refractivity contribution in [3.05, 3.63) is 64.0 Å². The van der Waals surface area contributed by atoms with Gasteiger partial charge in [0.2, 0.25) is 0 Å². The molecule has 1 atom stereocenters. The highest BCUT2D eigenvalue weighted by Gasteiger charge is 2.19. The van der Waals surface area contributed by atoms with E-state index in [1.807, 2.05) is 19.1 Å². The molecule has 2 rings (SSSR count). The van der Waals surface area contributed by atoms with Crippen molar-refractivity contribution >= 4 is 23.4 Å². The van der Waals surface area contributed by atoms with Gasteiger partial charge in [0.05, 0.1) is 15.9 Å². The van der Waals surface area contributed by atoms with Gasteiger partial charge >= 0.3 is 0 Å². The van der Waals surface area contributed by atoms with Gasteiger partial charge < -0.3 is 5.32 Å². The Morgan fingerprint density at radius 1 is 1.23 bits per heavy atom. The van der Waals surface area contributed by atoms with Crippen molar-refractivity contribution in [2.75, 3.05) is 5.75 Å². The van der Waals surface area contributed by atoms with Crippen LogP contribution in [-0.4, -0.2) is 21.6 Å². The second kappa shape index (κ2) is 9.33. The zero-order valence-corrected chi connectivity index (χ0v) is 16.0. The number of nitrogens with one attached hydrogen (secondary N) is 1. The molecule has 0 radical (unpaired) electrons. The number of nitro benzene ring substituents is 1. The minimum atomic E-state index is -0.430. The number of amides is 1. The minimum absolute atomic E-state index is 0.0250. The first-order chi connectivity index (χ1) is 12.4. The first kappa shape index (κ1) is 19.9. The summed E-state index contributed by atoms with van der Waals surface area (Å²) in [4.78, 5) is 28.0. The molecule has 1 unspecified atom stereocenters. The highest BCUT2D eigenvalue weighted by molar-refractivity contribution is 7.99. The summed E-state index contributed by atoms with van der Waals surface area (Å²) in [5, 5.41) is 14.3. The van der Waals surface area contributed by atoms with E-state index in [0.717, 1.165) is 17.7 Å². The molecule has 1 amide bonds. The van der Waals surface area contributed by atoms with Crippen molar-refractivity contribution < 1.29 is 9.72 Å². The second-order valence-electron chi connectivity index (χ2n) is 6.45. The maximum atomic E-state index is 12.5. The number of rotatable bonds is 8. The van der Waals surface area contributed by atoms with Gasteiger partial charge in [-0.2, -0.15) is 0 Å². The SMILES string of the molecule is CC(C)CCSc1ccc(C(=O)NC(C)c2ccncc2)cc1[N+](=O)[O-]. The van der Waals surface area contributed by atoms with Crippen molar-refractivity contribution in [3.63, 3.8) is 0 Å². The number of nitrogens with zero attached hydrogens (tertiary/aromatic N) is 2. The summed E-state index contributed by atoms with van der Waals surface area (Å²) in [7, 11) is 0. The fraction of sp³-hybridized carbons (Fsp3) is 0.368. The Balaban J connectivity index is 2.12. The van der Waals surface area contributed by atoms with Crippen LogP contribution in [0.3, 0.4) is 0 Å². The van der Waals surface area contributed by atoms with Crippen LogP contribution in [0, 0.1) is 16.0 Å². The van der Waals surface area contributed by atoms with Crippen LogP contribution in [0.15, 0.2) is 47.6 Å². The molecule has 0 bridgehead atoms. The molecular formula is C19H23N3O3S. The molecule has 26 heavy (non-hydrogen) atoms. The zero-order chi connectivity index (χ0) is 19.1. The molecule has 1 aromatic carbocycles. The lowest BCUT2D eigenvalue weighted by atomic mass is 10.1. The Morgan fingerprint density at radius 3 is 2.54 bits per heavy atom. The van der Waals surface area contributed by atoms with E-state index < -0.39 is 4.92 Å². The maximum Gasteiger partial charge on any atom is 0.283 e. The van der Waals surface area contributed by atoms with Gasteiger partial charge in [-0.05, 0) is 54.8 Å². The number of hydrogen-bond donors (Lipinski definition) is 1. The summed E-state index contributed by atoms with van der Waals surface area (Å²) in [6, 6.07) is 8.08. The fourth-order valence-electron chi connectivity index (χ4n) is 2.34. The predicted molar refractivity (Wildman–Crippen MR) is 103 cm³/mol. The molecule has 0 aliphatic rings. The highest BCUT2D eigenvalue weighted by atomic mass is 32.2. The van der Waals surface area contributed by atoms with Crippen LogP contribution in [-0.2, 0) is 0 Å². The van der Waals surface area contributed by atoms with Gasteiger partial charge in [-0.3, -0.25) is 19.9 Å². The third kappa shape index (κ3) is 5.56. The van der Waals surface area contributed by atoms with E-state index in [0.29, 0.717) is 10.8 Å². The van der Waals surface area contributed by atoms with E-state index in [2.05, 4.69) is 24.1 Å². The summed E-state index contributed by atoms with van der Waals surface area (Å²) >= 11 is 1.45. The molecule has 7 heteroatoms. The number of aromatic nitrogens is 1. The largest absolute Gasteiger partial charge is 0.346 e. The van der Waals surface area contributed by atoms with Gasteiger partial charge in [-0.1, -0.05) is 13.8 Å². The van der Waals surface area contributed by atoms with Crippen LogP contribution in [0.2, 0.25) is 0 Å². The predicted octanol–water partition coefficient (Wildman–Crippen LogP) is 4.62. The Morgan fingerprint density at radius 2 is 1.92 bits per heavy atom. The average Bonchev–Trinajstić information content (AvgIpc) is 2.62. The van der Waals surface area contributed by atoms with Crippen LogP contribution < -0.4 is 5.32 Å². The van der Waals surface area contributed by atoms with Gasteiger partial charge in [0.15, 0.2) is 0 Å². The molecule has 6 nitrogen and oxygen atoms in total. The molecule has 0 saturated heterocycles. The van der Waals surface area contributed by atoms with Gasteiger partial charge in [-0.25, -0.2) is 0 Å². The number of benzene rings is 1. The summed E-state index contributed by atoms with van der Waals surface area (Å²) in [5.41, 5.74) is 1.18. The standard InChI is InChI=1S/C19H23N3O3S/c1-13(2)8-11-26-18-5-4-16(12-17(18)22(24)25)19(23)21-14(3)15-6-9-20-10-7-15/h4-7,9-10,12-14H,8,11H2,1-3H3,(H,21,23). The van der Waals surface area contributed by atoms with Crippen molar-refractivity contribution in [1.29, 1.82) is 0 Å². The smallest absolute Gasteiger partial charge is 0.283 e. The second-order valence-corrected chi connectivity index (χ2v) is 7.58. The van der Waals surface area contributed by atoms with Crippen LogP contribution in [0.5, 0.6) is 0 Å². The maximum absolute atomic E-state index is 12.5. The molecule has 1 N–H and O–H groups in total. The van der Waals surface area contributed by atoms with Crippen molar-refractivity contribution in [3.8, 4) is 0 Å².